The average Bonchev–Trinajstić information content (AvgIpc) is 2.47. The van der Waals surface area contributed by atoms with Crippen LogP contribution in [0.4, 0.5) is 0 Å². The summed E-state index contributed by atoms with van der Waals surface area (Å²) >= 11 is 0. The van der Waals surface area contributed by atoms with Gasteiger partial charge in [0.05, 0.1) is 24.5 Å². The Morgan fingerprint density at radius 2 is 2.10 bits per heavy atom. The largest absolute Gasteiger partial charge is 0.469 e. The molecular weight excluding hydrogens is 290 g/mol. The number of carbonyl (C=O) groups excluding carboxylic acids is 1. The van der Waals surface area contributed by atoms with Gasteiger partial charge in [-0.15, -0.1) is 0 Å². The van der Waals surface area contributed by atoms with Crippen molar-refractivity contribution in [3.63, 3.8) is 0 Å². The maximum Gasteiger partial charge on any atom is 0.314 e. The highest BCUT2D eigenvalue weighted by Gasteiger charge is 2.27. The highest BCUT2D eigenvalue weighted by Crippen LogP contribution is 2.18. The second-order valence-electron chi connectivity index (χ2n) is 5.35. The summed E-state index contributed by atoms with van der Waals surface area (Å²) < 4.78 is 28.1. The number of rotatable bonds is 5. The standard InChI is InChI=1S/C15H21NO4S/c1-20-15(17)14(12-6-3-2-4-7-12)10-16-13-8-5-9-21(18,19)11-13/h2-4,6-7,13-14,16H,5,8-11H2,1H3. The summed E-state index contributed by atoms with van der Waals surface area (Å²) in [5, 5.41) is 3.21. The van der Waals surface area contributed by atoms with E-state index in [0.29, 0.717) is 13.0 Å². The van der Waals surface area contributed by atoms with Gasteiger partial charge in [-0.1, -0.05) is 30.3 Å². The van der Waals surface area contributed by atoms with Gasteiger partial charge in [0.1, 0.15) is 0 Å². The Hall–Kier alpha value is -1.40. The van der Waals surface area contributed by atoms with Crippen LogP contribution in [0.3, 0.4) is 0 Å². The van der Waals surface area contributed by atoms with Gasteiger partial charge in [-0.2, -0.15) is 0 Å². The van der Waals surface area contributed by atoms with Crippen LogP contribution in [0.15, 0.2) is 30.3 Å². The molecule has 0 radical (unpaired) electrons. The van der Waals surface area contributed by atoms with Crippen molar-refractivity contribution in [2.24, 2.45) is 0 Å². The quantitative estimate of drug-likeness (QED) is 0.825. The Morgan fingerprint density at radius 3 is 2.71 bits per heavy atom. The van der Waals surface area contributed by atoms with E-state index in [4.69, 9.17) is 4.74 Å². The lowest BCUT2D eigenvalue weighted by Crippen LogP contribution is -2.42. The lowest BCUT2D eigenvalue weighted by molar-refractivity contribution is -0.142. The minimum Gasteiger partial charge on any atom is -0.469 e. The molecule has 1 N–H and O–H groups in total. The number of benzene rings is 1. The number of nitrogens with one attached hydrogen (secondary N) is 1. The smallest absolute Gasteiger partial charge is 0.314 e. The molecule has 1 saturated heterocycles. The Balaban J connectivity index is 2.01. The first-order valence-corrected chi connectivity index (χ1v) is 8.90. The van der Waals surface area contributed by atoms with Gasteiger partial charge in [0.25, 0.3) is 0 Å². The predicted molar refractivity (Wildman–Crippen MR) is 80.9 cm³/mol. The SMILES string of the molecule is COC(=O)C(CNC1CCCS(=O)(=O)C1)c1ccccc1. The highest BCUT2D eigenvalue weighted by molar-refractivity contribution is 7.91. The van der Waals surface area contributed by atoms with Crippen LogP contribution in [0.2, 0.25) is 0 Å². The van der Waals surface area contributed by atoms with Gasteiger partial charge in [0.2, 0.25) is 0 Å². The maximum atomic E-state index is 11.9. The summed E-state index contributed by atoms with van der Waals surface area (Å²) in [6.07, 6.45) is 1.50. The van der Waals surface area contributed by atoms with Gasteiger partial charge < -0.3 is 10.1 Å². The summed E-state index contributed by atoms with van der Waals surface area (Å²) in [6, 6.07) is 9.30. The van der Waals surface area contributed by atoms with E-state index >= 15 is 0 Å². The van der Waals surface area contributed by atoms with Crippen molar-refractivity contribution in [1.82, 2.24) is 5.32 Å². The highest BCUT2D eigenvalue weighted by atomic mass is 32.2. The number of ether oxygens (including phenoxy) is 1. The number of hydrogen-bond donors (Lipinski definition) is 1. The van der Waals surface area contributed by atoms with Crippen LogP contribution in [-0.2, 0) is 19.4 Å². The average molecular weight is 311 g/mol. The molecule has 1 fully saturated rings. The number of esters is 1. The van der Waals surface area contributed by atoms with Crippen LogP contribution in [0, 0.1) is 0 Å². The molecule has 1 heterocycles. The molecule has 5 nitrogen and oxygen atoms in total. The summed E-state index contributed by atoms with van der Waals surface area (Å²) in [6.45, 7) is 0.386. The van der Waals surface area contributed by atoms with Gasteiger partial charge in [-0.25, -0.2) is 8.42 Å². The van der Waals surface area contributed by atoms with Crippen LogP contribution in [0.1, 0.15) is 24.3 Å². The molecule has 2 atom stereocenters. The third kappa shape index (κ3) is 4.54. The zero-order valence-electron chi connectivity index (χ0n) is 12.1. The first kappa shape index (κ1) is 16.0. The summed E-state index contributed by atoms with van der Waals surface area (Å²) in [5.74, 6) is -0.312. The van der Waals surface area contributed by atoms with Gasteiger partial charge in [0.15, 0.2) is 9.84 Å². The number of methoxy groups -OCH3 is 1. The van der Waals surface area contributed by atoms with Crippen molar-refractivity contribution < 1.29 is 17.9 Å². The Bertz CT molecular complexity index is 571. The zero-order chi connectivity index (χ0) is 15.3. The van der Waals surface area contributed by atoms with E-state index in [1.165, 1.54) is 7.11 Å². The third-order valence-corrected chi connectivity index (χ3v) is 5.58. The van der Waals surface area contributed by atoms with Crippen LogP contribution < -0.4 is 5.32 Å². The van der Waals surface area contributed by atoms with E-state index in [1.54, 1.807) is 0 Å². The van der Waals surface area contributed by atoms with E-state index < -0.39 is 15.8 Å². The van der Waals surface area contributed by atoms with Gasteiger partial charge in [0, 0.05) is 12.6 Å². The molecule has 0 bridgehead atoms. The van der Waals surface area contributed by atoms with Crippen LogP contribution >= 0.6 is 0 Å². The fourth-order valence-corrected chi connectivity index (χ4v) is 4.30. The van der Waals surface area contributed by atoms with Crippen LogP contribution in [0.25, 0.3) is 0 Å². The van der Waals surface area contributed by atoms with Crippen molar-refractivity contribution in [1.29, 1.82) is 0 Å². The monoisotopic (exact) mass is 311 g/mol. The van der Waals surface area contributed by atoms with E-state index in [9.17, 15) is 13.2 Å². The van der Waals surface area contributed by atoms with Crippen LogP contribution in [0.5, 0.6) is 0 Å². The second kappa shape index (κ2) is 7.04. The van der Waals surface area contributed by atoms with Gasteiger partial charge >= 0.3 is 5.97 Å². The molecular formula is C15H21NO4S. The van der Waals surface area contributed by atoms with E-state index in [0.717, 1.165) is 12.0 Å². The molecule has 1 aliphatic heterocycles. The Kier molecular flexibility index (Phi) is 5.36. The second-order valence-corrected chi connectivity index (χ2v) is 7.58. The molecule has 0 spiro atoms. The molecule has 1 aromatic carbocycles. The third-order valence-electron chi connectivity index (χ3n) is 3.76. The number of sulfone groups is 1. The Morgan fingerprint density at radius 1 is 1.38 bits per heavy atom. The molecule has 2 unspecified atom stereocenters. The zero-order valence-corrected chi connectivity index (χ0v) is 12.9. The van der Waals surface area contributed by atoms with Crippen LogP contribution in [-0.4, -0.2) is 45.6 Å². The van der Waals surface area contributed by atoms with Crippen molar-refractivity contribution in [3.8, 4) is 0 Å². The molecule has 0 amide bonds. The predicted octanol–water partition coefficient (Wildman–Crippen LogP) is 1.11. The summed E-state index contributed by atoms with van der Waals surface area (Å²) in [7, 11) is -1.58. The normalized spacial score (nSPS) is 22.4. The Labute approximate surface area is 125 Å². The van der Waals surface area contributed by atoms with E-state index in [1.807, 2.05) is 30.3 Å². The summed E-state index contributed by atoms with van der Waals surface area (Å²) in [5.41, 5.74) is 0.871. The number of hydrogen-bond acceptors (Lipinski definition) is 5. The lowest BCUT2D eigenvalue weighted by Gasteiger charge is -2.25. The first-order valence-electron chi connectivity index (χ1n) is 7.08. The summed E-state index contributed by atoms with van der Waals surface area (Å²) in [4.78, 5) is 11.9. The fraction of sp³-hybridized carbons (Fsp3) is 0.533. The van der Waals surface area contributed by atoms with Crippen molar-refractivity contribution >= 4 is 15.8 Å². The van der Waals surface area contributed by atoms with Crippen molar-refractivity contribution in [2.45, 2.75) is 24.8 Å². The first-order chi connectivity index (χ1) is 10.0. The van der Waals surface area contributed by atoms with Crippen molar-refractivity contribution in [2.75, 3.05) is 25.2 Å². The minimum absolute atomic E-state index is 0.0837. The minimum atomic E-state index is -2.95. The molecule has 0 saturated carbocycles. The molecule has 0 aliphatic carbocycles. The molecule has 6 heteroatoms. The van der Waals surface area contributed by atoms with Crippen molar-refractivity contribution in [3.05, 3.63) is 35.9 Å². The molecule has 1 aromatic rings. The van der Waals surface area contributed by atoms with Gasteiger partial charge in [-0.05, 0) is 18.4 Å². The molecule has 116 valence electrons. The van der Waals surface area contributed by atoms with E-state index in [-0.39, 0.29) is 23.5 Å². The molecule has 1 aliphatic rings. The molecule has 0 aromatic heterocycles. The topological polar surface area (TPSA) is 72.5 Å². The molecule has 21 heavy (non-hydrogen) atoms. The maximum absolute atomic E-state index is 11.9. The number of carbonyl (C=O) groups is 1. The lowest BCUT2D eigenvalue weighted by atomic mass is 9.98. The van der Waals surface area contributed by atoms with E-state index in [2.05, 4.69) is 5.32 Å². The van der Waals surface area contributed by atoms with Gasteiger partial charge in [-0.3, -0.25) is 4.79 Å². The molecule has 2 rings (SSSR count). The fourth-order valence-electron chi connectivity index (χ4n) is 2.63.